The molecule has 1 N–H and O–H groups in total. The number of hydrogen-bond donors (Lipinski definition) is 1. The van der Waals surface area contributed by atoms with Crippen molar-refractivity contribution >= 4 is 17.5 Å². The molecular formula is C24H38N4O2. The van der Waals surface area contributed by atoms with Crippen molar-refractivity contribution in [3.8, 4) is 0 Å². The summed E-state index contributed by atoms with van der Waals surface area (Å²) in [5.74, 6) is 0.269. The number of nitrogens with zero attached hydrogens (tertiary/aromatic N) is 3. The summed E-state index contributed by atoms with van der Waals surface area (Å²) in [6.07, 6.45) is 6.04. The van der Waals surface area contributed by atoms with E-state index in [0.29, 0.717) is 12.6 Å². The number of likely N-dealkylation sites (N-methyl/N-ethyl adjacent to an activating group) is 1. The molecule has 1 heterocycles. The van der Waals surface area contributed by atoms with Crippen LogP contribution in [0.15, 0.2) is 18.2 Å². The monoisotopic (exact) mass is 414 g/mol. The Morgan fingerprint density at radius 1 is 1.07 bits per heavy atom. The van der Waals surface area contributed by atoms with E-state index in [4.69, 9.17) is 0 Å². The third-order valence-electron chi connectivity index (χ3n) is 6.89. The second-order valence-electron chi connectivity index (χ2n) is 9.04. The van der Waals surface area contributed by atoms with Crippen molar-refractivity contribution in [3.05, 3.63) is 29.3 Å². The van der Waals surface area contributed by atoms with Crippen molar-refractivity contribution in [2.24, 2.45) is 0 Å². The Labute approximate surface area is 181 Å². The summed E-state index contributed by atoms with van der Waals surface area (Å²) in [5.41, 5.74) is 3.09. The van der Waals surface area contributed by atoms with Gasteiger partial charge in [0, 0.05) is 45.0 Å². The van der Waals surface area contributed by atoms with Gasteiger partial charge in [0.1, 0.15) is 0 Å². The second kappa shape index (κ2) is 10.4. The number of piperazine rings is 1. The van der Waals surface area contributed by atoms with Gasteiger partial charge in [-0.2, -0.15) is 0 Å². The Hall–Kier alpha value is -1.92. The summed E-state index contributed by atoms with van der Waals surface area (Å²) in [6, 6.07) is 6.35. The summed E-state index contributed by atoms with van der Waals surface area (Å²) in [7, 11) is 1.98. The highest BCUT2D eigenvalue weighted by atomic mass is 16.2. The van der Waals surface area contributed by atoms with Gasteiger partial charge in [0.25, 0.3) is 0 Å². The molecule has 1 atom stereocenters. The van der Waals surface area contributed by atoms with E-state index in [1.165, 1.54) is 19.3 Å². The smallest absolute Gasteiger partial charge is 0.239 e. The minimum atomic E-state index is -0.0949. The molecule has 0 spiro atoms. The SMILES string of the molecule is Cc1cccc(C)c1NC(=O)CN1CCN([C@@H](C)C(=O)N(C)C2CCCCC2)CC1. The standard InChI is InChI=1S/C24H38N4O2/c1-18-9-8-10-19(2)23(18)25-22(29)17-27-13-15-28(16-14-27)20(3)24(30)26(4)21-11-6-5-7-12-21/h8-10,20-21H,5-7,11-17H2,1-4H3,(H,25,29)/t20-/m0/s1. The summed E-state index contributed by atoms with van der Waals surface area (Å²) in [5, 5.41) is 3.07. The van der Waals surface area contributed by atoms with E-state index in [-0.39, 0.29) is 17.9 Å². The molecule has 0 bridgehead atoms. The zero-order valence-electron chi connectivity index (χ0n) is 19.1. The van der Waals surface area contributed by atoms with E-state index in [0.717, 1.165) is 55.8 Å². The molecule has 0 unspecified atom stereocenters. The lowest BCUT2D eigenvalue weighted by atomic mass is 9.94. The average Bonchev–Trinajstić information content (AvgIpc) is 2.76. The van der Waals surface area contributed by atoms with Crippen LogP contribution in [0, 0.1) is 13.8 Å². The highest BCUT2D eigenvalue weighted by Gasteiger charge is 2.31. The normalized spacial score (nSPS) is 20.0. The van der Waals surface area contributed by atoms with Crippen LogP contribution in [-0.2, 0) is 9.59 Å². The number of hydrogen-bond acceptors (Lipinski definition) is 4. The molecule has 1 aromatic rings. The van der Waals surface area contributed by atoms with E-state index < -0.39 is 0 Å². The Bertz CT molecular complexity index is 716. The first kappa shape index (κ1) is 22.8. The van der Waals surface area contributed by atoms with E-state index in [9.17, 15) is 9.59 Å². The van der Waals surface area contributed by atoms with Crippen LogP contribution in [0.5, 0.6) is 0 Å². The van der Waals surface area contributed by atoms with Gasteiger partial charge in [0.2, 0.25) is 11.8 Å². The molecule has 2 fully saturated rings. The summed E-state index contributed by atoms with van der Waals surface area (Å²) < 4.78 is 0. The molecule has 1 saturated heterocycles. The minimum Gasteiger partial charge on any atom is -0.341 e. The fourth-order valence-electron chi connectivity index (χ4n) is 4.80. The van der Waals surface area contributed by atoms with Gasteiger partial charge in [-0.25, -0.2) is 0 Å². The van der Waals surface area contributed by atoms with Crippen LogP contribution in [0.4, 0.5) is 5.69 Å². The van der Waals surface area contributed by atoms with Gasteiger partial charge in [-0.1, -0.05) is 37.5 Å². The molecule has 6 heteroatoms. The van der Waals surface area contributed by atoms with Gasteiger partial charge in [-0.05, 0) is 44.7 Å². The molecular weight excluding hydrogens is 376 g/mol. The number of nitrogens with one attached hydrogen (secondary N) is 1. The Balaban J connectivity index is 1.45. The first-order chi connectivity index (χ1) is 14.4. The number of aryl methyl sites for hydroxylation is 2. The molecule has 0 aromatic heterocycles. The predicted molar refractivity (Wildman–Crippen MR) is 122 cm³/mol. The van der Waals surface area contributed by atoms with Crippen LogP contribution in [-0.4, -0.2) is 78.4 Å². The second-order valence-corrected chi connectivity index (χ2v) is 9.04. The molecule has 6 nitrogen and oxygen atoms in total. The van der Waals surface area contributed by atoms with E-state index >= 15 is 0 Å². The zero-order chi connectivity index (χ0) is 21.7. The van der Waals surface area contributed by atoms with Crippen LogP contribution >= 0.6 is 0 Å². The van der Waals surface area contributed by atoms with Crippen LogP contribution < -0.4 is 5.32 Å². The molecule has 30 heavy (non-hydrogen) atoms. The number of anilines is 1. The van der Waals surface area contributed by atoms with Gasteiger partial charge in [0.05, 0.1) is 12.6 Å². The van der Waals surface area contributed by atoms with Crippen molar-refractivity contribution in [1.82, 2.24) is 14.7 Å². The van der Waals surface area contributed by atoms with Crippen LogP contribution in [0.1, 0.15) is 50.2 Å². The van der Waals surface area contributed by atoms with Gasteiger partial charge < -0.3 is 10.2 Å². The number of carbonyl (C=O) groups is 2. The number of carbonyl (C=O) groups excluding carboxylic acids is 2. The fourth-order valence-corrected chi connectivity index (χ4v) is 4.80. The lowest BCUT2D eigenvalue weighted by molar-refractivity contribution is -0.138. The maximum absolute atomic E-state index is 13.0. The molecule has 1 aliphatic heterocycles. The molecule has 1 aromatic carbocycles. The van der Waals surface area contributed by atoms with Gasteiger partial charge in [-0.15, -0.1) is 0 Å². The summed E-state index contributed by atoms with van der Waals surface area (Å²) in [6.45, 7) is 9.73. The van der Waals surface area contributed by atoms with Crippen LogP contribution in [0.3, 0.4) is 0 Å². The minimum absolute atomic E-state index is 0.0296. The average molecular weight is 415 g/mol. The first-order valence-corrected chi connectivity index (χ1v) is 11.5. The molecule has 1 aliphatic carbocycles. The Morgan fingerprint density at radius 3 is 2.27 bits per heavy atom. The largest absolute Gasteiger partial charge is 0.341 e. The van der Waals surface area contributed by atoms with Crippen molar-refractivity contribution in [2.45, 2.75) is 65.0 Å². The maximum Gasteiger partial charge on any atom is 0.239 e. The lowest BCUT2D eigenvalue weighted by Crippen LogP contribution is -2.56. The quantitative estimate of drug-likeness (QED) is 0.777. The maximum atomic E-state index is 13.0. The summed E-state index contributed by atoms with van der Waals surface area (Å²) >= 11 is 0. The highest BCUT2D eigenvalue weighted by Crippen LogP contribution is 2.23. The molecule has 0 radical (unpaired) electrons. The summed E-state index contributed by atoms with van der Waals surface area (Å²) in [4.78, 5) is 32.0. The number of para-hydroxylation sites is 1. The van der Waals surface area contributed by atoms with Gasteiger partial charge >= 0.3 is 0 Å². The lowest BCUT2D eigenvalue weighted by Gasteiger charge is -2.40. The van der Waals surface area contributed by atoms with Gasteiger partial charge in [0.15, 0.2) is 0 Å². The topological polar surface area (TPSA) is 55.9 Å². The molecule has 1 saturated carbocycles. The van der Waals surface area contributed by atoms with Crippen molar-refractivity contribution in [2.75, 3.05) is 45.1 Å². The highest BCUT2D eigenvalue weighted by molar-refractivity contribution is 5.93. The first-order valence-electron chi connectivity index (χ1n) is 11.5. The van der Waals surface area contributed by atoms with Gasteiger partial charge in [-0.3, -0.25) is 19.4 Å². The fraction of sp³-hybridized carbons (Fsp3) is 0.667. The zero-order valence-corrected chi connectivity index (χ0v) is 19.1. The number of benzene rings is 1. The van der Waals surface area contributed by atoms with Crippen LogP contribution in [0.25, 0.3) is 0 Å². The van der Waals surface area contributed by atoms with Crippen molar-refractivity contribution in [3.63, 3.8) is 0 Å². The van der Waals surface area contributed by atoms with E-state index in [1.807, 2.05) is 50.9 Å². The van der Waals surface area contributed by atoms with Crippen molar-refractivity contribution < 1.29 is 9.59 Å². The third-order valence-corrected chi connectivity index (χ3v) is 6.89. The molecule has 3 rings (SSSR count). The van der Waals surface area contributed by atoms with Crippen molar-refractivity contribution in [1.29, 1.82) is 0 Å². The molecule has 2 aliphatic rings. The van der Waals surface area contributed by atoms with Crippen LogP contribution in [0.2, 0.25) is 0 Å². The number of amides is 2. The van der Waals surface area contributed by atoms with E-state index in [2.05, 4.69) is 15.1 Å². The van der Waals surface area contributed by atoms with E-state index in [1.54, 1.807) is 0 Å². The number of rotatable bonds is 6. The Kier molecular flexibility index (Phi) is 7.89. The third kappa shape index (κ3) is 5.61. The Morgan fingerprint density at radius 2 is 1.67 bits per heavy atom. The molecule has 166 valence electrons. The molecule has 2 amide bonds. The predicted octanol–water partition coefficient (Wildman–Crippen LogP) is 3.04.